The lowest BCUT2D eigenvalue weighted by atomic mass is 9.92. The fourth-order valence-electron chi connectivity index (χ4n) is 5.39. The zero-order valence-electron chi connectivity index (χ0n) is 26.4. The van der Waals surface area contributed by atoms with Gasteiger partial charge in [-0.1, -0.05) is 18.2 Å². The molecule has 49 heavy (non-hydrogen) atoms. The minimum atomic E-state index is -1.17. The van der Waals surface area contributed by atoms with E-state index in [1.165, 1.54) is 36.0 Å². The monoisotopic (exact) mass is 696 g/mol. The van der Waals surface area contributed by atoms with E-state index < -0.39 is 60.2 Å². The standard InChI is InChI=1S/C34H37FN4O9S/c35-22-7-9-23(10-8-22)39-31(32(33(39)43)49-18-26(40)21-6-13-27-28(15-21)48-19-47-27)20-4-11-24(12-5-20)46-17-30(42)37-16-29(41)38-25(34(44)45)3-1-2-14-36/h4-13,15,25-26,31-32,40H,1-3,14,16-19,36H2,(H,37,42)(H,38,41)(H,44,45)/t25-,26?,31-,32-/m1/s1. The van der Waals surface area contributed by atoms with Crippen LogP contribution < -0.4 is 35.5 Å². The molecule has 3 aromatic rings. The molecule has 0 aromatic heterocycles. The van der Waals surface area contributed by atoms with Gasteiger partial charge in [-0.15, -0.1) is 11.8 Å². The number of ether oxygens (including phenoxy) is 3. The molecular formula is C34H37FN4O9S. The number of aliphatic hydroxyl groups is 1. The number of carbonyl (C=O) groups excluding carboxylic acids is 3. The normalized spacial score (nSPS) is 17.5. The number of thioether (sulfide) groups is 1. The molecule has 1 fully saturated rings. The number of carboxylic acids is 1. The van der Waals surface area contributed by atoms with Gasteiger partial charge in [0, 0.05) is 11.4 Å². The van der Waals surface area contributed by atoms with Gasteiger partial charge >= 0.3 is 5.97 Å². The van der Waals surface area contributed by atoms with E-state index >= 15 is 0 Å². The van der Waals surface area contributed by atoms with E-state index in [0.29, 0.717) is 47.9 Å². The highest BCUT2D eigenvalue weighted by molar-refractivity contribution is 8.00. The fourth-order valence-corrected chi connectivity index (χ4v) is 6.68. The number of aliphatic carboxylic acids is 1. The van der Waals surface area contributed by atoms with Crippen molar-refractivity contribution >= 4 is 41.1 Å². The largest absolute Gasteiger partial charge is 0.484 e. The van der Waals surface area contributed by atoms with Crippen molar-refractivity contribution in [2.45, 2.75) is 42.7 Å². The smallest absolute Gasteiger partial charge is 0.326 e. The van der Waals surface area contributed by atoms with Crippen LogP contribution in [0.25, 0.3) is 0 Å². The third-order valence-electron chi connectivity index (χ3n) is 7.98. The summed E-state index contributed by atoms with van der Waals surface area (Å²) in [5.41, 5.74) is 7.34. The number of aliphatic hydroxyl groups excluding tert-OH is 1. The Labute approximate surface area is 285 Å². The molecule has 0 spiro atoms. The van der Waals surface area contributed by atoms with Crippen molar-refractivity contribution in [1.29, 1.82) is 0 Å². The van der Waals surface area contributed by atoms with E-state index in [-0.39, 0.29) is 24.9 Å². The molecule has 1 unspecified atom stereocenters. The third-order valence-corrected chi connectivity index (χ3v) is 9.31. The number of halogens is 1. The van der Waals surface area contributed by atoms with E-state index in [2.05, 4.69) is 10.6 Å². The molecule has 2 aliphatic rings. The zero-order valence-corrected chi connectivity index (χ0v) is 27.2. The van der Waals surface area contributed by atoms with Crippen LogP contribution in [0.15, 0.2) is 66.7 Å². The number of fused-ring (bicyclic) bond motifs is 1. The molecule has 2 heterocycles. The number of unbranched alkanes of at least 4 members (excludes halogenated alkanes) is 1. The molecule has 1 saturated heterocycles. The average molecular weight is 697 g/mol. The third kappa shape index (κ3) is 8.99. The predicted octanol–water partition coefficient (Wildman–Crippen LogP) is 2.67. The van der Waals surface area contributed by atoms with E-state index in [1.807, 2.05) is 0 Å². The molecular weight excluding hydrogens is 659 g/mol. The summed E-state index contributed by atoms with van der Waals surface area (Å²) in [6.07, 6.45) is 0.525. The molecule has 0 radical (unpaired) electrons. The Morgan fingerprint density at radius 3 is 2.47 bits per heavy atom. The molecule has 3 aromatic carbocycles. The summed E-state index contributed by atoms with van der Waals surface area (Å²) in [5.74, 6) is -1.28. The Morgan fingerprint density at radius 1 is 1.02 bits per heavy atom. The van der Waals surface area contributed by atoms with Crippen molar-refractivity contribution in [2.75, 3.05) is 37.1 Å². The number of nitrogens with zero attached hydrogens (tertiary/aromatic N) is 1. The maximum Gasteiger partial charge on any atom is 0.326 e. The summed E-state index contributed by atoms with van der Waals surface area (Å²) >= 11 is 1.31. The lowest BCUT2D eigenvalue weighted by Gasteiger charge is -2.47. The summed E-state index contributed by atoms with van der Waals surface area (Å²) < 4.78 is 30.0. The number of amides is 3. The lowest BCUT2D eigenvalue weighted by molar-refractivity contribution is -0.142. The van der Waals surface area contributed by atoms with Crippen LogP contribution in [0.4, 0.5) is 10.1 Å². The number of β-lactam (4-membered cyclic amide) rings is 1. The van der Waals surface area contributed by atoms with Gasteiger partial charge in [0.2, 0.25) is 18.6 Å². The highest BCUT2D eigenvalue weighted by atomic mass is 32.2. The van der Waals surface area contributed by atoms with Gasteiger partial charge in [0.25, 0.3) is 5.91 Å². The van der Waals surface area contributed by atoms with Crippen molar-refractivity contribution in [1.82, 2.24) is 10.6 Å². The van der Waals surface area contributed by atoms with Gasteiger partial charge in [-0.05, 0) is 85.5 Å². The zero-order chi connectivity index (χ0) is 34.9. The minimum absolute atomic E-state index is 0.115. The second-order valence-electron chi connectivity index (χ2n) is 11.4. The van der Waals surface area contributed by atoms with E-state index in [1.54, 1.807) is 47.4 Å². The molecule has 15 heteroatoms. The van der Waals surface area contributed by atoms with Crippen LogP contribution in [0, 0.1) is 5.82 Å². The van der Waals surface area contributed by atoms with Crippen LogP contribution >= 0.6 is 11.8 Å². The van der Waals surface area contributed by atoms with Crippen LogP contribution in [0.2, 0.25) is 0 Å². The summed E-state index contributed by atoms with van der Waals surface area (Å²) in [6, 6.07) is 16.1. The fraction of sp³-hybridized carbons (Fsp3) is 0.353. The molecule has 0 bridgehead atoms. The highest BCUT2D eigenvalue weighted by Crippen LogP contribution is 2.46. The predicted molar refractivity (Wildman–Crippen MR) is 178 cm³/mol. The number of carbonyl (C=O) groups is 4. The SMILES string of the molecule is NCCCC[C@@H](NC(=O)CNC(=O)COc1ccc([C@@H]2[C@@H](SCC(O)c3ccc4c(c3)OCO4)C(=O)N2c2ccc(F)cc2)cc1)C(=O)O. The summed E-state index contributed by atoms with van der Waals surface area (Å²) in [7, 11) is 0. The number of hydrogen-bond donors (Lipinski definition) is 5. The van der Waals surface area contributed by atoms with Crippen molar-refractivity contribution in [2.24, 2.45) is 5.73 Å². The molecule has 0 aliphatic carbocycles. The molecule has 0 saturated carbocycles. The summed E-state index contributed by atoms with van der Waals surface area (Å²) in [6.45, 7) is -0.281. The number of nitrogens with one attached hydrogen (secondary N) is 2. The second kappa shape index (κ2) is 16.5. The summed E-state index contributed by atoms with van der Waals surface area (Å²) in [4.78, 5) is 50.9. The molecule has 4 atom stereocenters. The number of anilines is 1. The van der Waals surface area contributed by atoms with Gasteiger partial charge in [-0.2, -0.15) is 0 Å². The first kappa shape index (κ1) is 35.4. The first-order chi connectivity index (χ1) is 23.6. The maximum atomic E-state index is 13.7. The minimum Gasteiger partial charge on any atom is -0.484 e. The Balaban J connectivity index is 1.17. The molecule has 2 aliphatic heterocycles. The average Bonchev–Trinajstić information content (AvgIpc) is 3.57. The molecule has 6 N–H and O–H groups in total. The van der Waals surface area contributed by atoms with Crippen LogP contribution in [0.1, 0.15) is 42.5 Å². The van der Waals surface area contributed by atoms with Crippen LogP contribution in [-0.2, 0) is 19.2 Å². The second-order valence-corrected chi connectivity index (χ2v) is 12.6. The summed E-state index contributed by atoms with van der Waals surface area (Å²) in [5, 5.41) is 24.4. The Hall–Kier alpha value is -4.86. The van der Waals surface area contributed by atoms with Crippen molar-refractivity contribution < 1.29 is 48.0 Å². The number of rotatable bonds is 17. The first-order valence-corrected chi connectivity index (χ1v) is 16.7. The van der Waals surface area contributed by atoms with Gasteiger partial charge in [0.1, 0.15) is 22.9 Å². The molecule has 13 nitrogen and oxygen atoms in total. The van der Waals surface area contributed by atoms with Crippen molar-refractivity contribution in [3.63, 3.8) is 0 Å². The Kier molecular flexibility index (Phi) is 11.9. The van der Waals surface area contributed by atoms with Crippen molar-refractivity contribution in [3.8, 4) is 17.2 Å². The van der Waals surface area contributed by atoms with Gasteiger partial charge in [0.15, 0.2) is 18.1 Å². The number of hydrogen-bond acceptors (Lipinski definition) is 10. The lowest BCUT2D eigenvalue weighted by Crippen LogP contribution is -2.57. The van der Waals surface area contributed by atoms with Crippen LogP contribution in [0.5, 0.6) is 17.2 Å². The quantitative estimate of drug-likeness (QED) is 0.103. The topological polar surface area (TPSA) is 190 Å². The molecule has 3 amide bonds. The van der Waals surface area contributed by atoms with Gasteiger partial charge in [-0.25, -0.2) is 9.18 Å². The van der Waals surface area contributed by atoms with E-state index in [4.69, 9.17) is 19.9 Å². The van der Waals surface area contributed by atoms with E-state index in [0.717, 1.165) is 5.56 Å². The number of carboxylic acid groups (broad SMARTS) is 1. The Bertz CT molecular complexity index is 1640. The van der Waals surface area contributed by atoms with Gasteiger partial charge < -0.3 is 45.7 Å². The Morgan fingerprint density at radius 2 is 1.76 bits per heavy atom. The molecule has 260 valence electrons. The van der Waals surface area contributed by atoms with Gasteiger partial charge in [0.05, 0.1) is 18.7 Å². The molecule has 5 rings (SSSR count). The number of nitrogens with two attached hydrogens (primary N) is 1. The maximum absolute atomic E-state index is 13.7. The highest BCUT2D eigenvalue weighted by Gasteiger charge is 2.49. The number of benzene rings is 3. The first-order valence-electron chi connectivity index (χ1n) is 15.6. The van der Waals surface area contributed by atoms with Gasteiger partial charge in [-0.3, -0.25) is 14.4 Å². The van der Waals surface area contributed by atoms with Crippen LogP contribution in [-0.4, -0.2) is 77.4 Å². The van der Waals surface area contributed by atoms with Crippen LogP contribution in [0.3, 0.4) is 0 Å². The van der Waals surface area contributed by atoms with Crippen molar-refractivity contribution in [3.05, 3.63) is 83.7 Å². The van der Waals surface area contributed by atoms with E-state index in [9.17, 15) is 33.8 Å².